The zero-order valence-electron chi connectivity index (χ0n) is 9.59. The predicted octanol–water partition coefficient (Wildman–Crippen LogP) is 0.803. The zero-order valence-corrected chi connectivity index (χ0v) is 9.59. The Balaban J connectivity index is 2.14. The number of piperidine rings is 1. The number of aromatic nitrogens is 2. The zero-order chi connectivity index (χ0) is 11.4. The van der Waals surface area contributed by atoms with Crippen LogP contribution < -0.4 is 15.4 Å². The van der Waals surface area contributed by atoms with Crippen molar-refractivity contribution in [2.75, 3.05) is 25.1 Å². The molecule has 1 saturated heterocycles. The van der Waals surface area contributed by atoms with Crippen LogP contribution in [0.1, 0.15) is 19.3 Å². The van der Waals surface area contributed by atoms with Gasteiger partial charge in [0.2, 0.25) is 5.95 Å². The Labute approximate surface area is 95.6 Å². The Morgan fingerprint density at radius 1 is 1.44 bits per heavy atom. The van der Waals surface area contributed by atoms with E-state index in [2.05, 4.69) is 14.9 Å². The van der Waals surface area contributed by atoms with Crippen LogP contribution in [0.25, 0.3) is 0 Å². The fourth-order valence-electron chi connectivity index (χ4n) is 2.07. The lowest BCUT2D eigenvalue weighted by atomic mass is 10.0. The van der Waals surface area contributed by atoms with Crippen LogP contribution in [0.15, 0.2) is 12.4 Å². The van der Waals surface area contributed by atoms with Gasteiger partial charge in [-0.3, -0.25) is 0 Å². The van der Waals surface area contributed by atoms with Gasteiger partial charge in [0.15, 0.2) is 5.75 Å². The monoisotopic (exact) mass is 222 g/mol. The van der Waals surface area contributed by atoms with Gasteiger partial charge in [0.1, 0.15) is 0 Å². The minimum atomic E-state index is 0.377. The summed E-state index contributed by atoms with van der Waals surface area (Å²) in [5.41, 5.74) is 5.77. The molecule has 0 radical (unpaired) electrons. The summed E-state index contributed by atoms with van der Waals surface area (Å²) < 4.78 is 5.04. The number of nitrogens with two attached hydrogens (primary N) is 1. The molecule has 2 heterocycles. The summed E-state index contributed by atoms with van der Waals surface area (Å²) in [4.78, 5) is 10.8. The highest BCUT2D eigenvalue weighted by atomic mass is 16.5. The maximum Gasteiger partial charge on any atom is 0.225 e. The molecule has 1 atom stereocenters. The van der Waals surface area contributed by atoms with Gasteiger partial charge < -0.3 is 15.4 Å². The van der Waals surface area contributed by atoms with E-state index in [1.165, 1.54) is 12.8 Å². The van der Waals surface area contributed by atoms with Crippen LogP contribution in [-0.2, 0) is 0 Å². The van der Waals surface area contributed by atoms with E-state index in [1.54, 1.807) is 19.5 Å². The summed E-state index contributed by atoms with van der Waals surface area (Å²) >= 11 is 0. The molecule has 2 rings (SSSR count). The van der Waals surface area contributed by atoms with Gasteiger partial charge >= 0.3 is 0 Å². The molecule has 1 unspecified atom stereocenters. The van der Waals surface area contributed by atoms with Gasteiger partial charge in [-0.1, -0.05) is 0 Å². The molecule has 1 aromatic heterocycles. The van der Waals surface area contributed by atoms with E-state index in [0.29, 0.717) is 18.3 Å². The molecule has 0 aromatic carbocycles. The second-order valence-corrected chi connectivity index (χ2v) is 4.00. The van der Waals surface area contributed by atoms with Gasteiger partial charge in [-0.25, -0.2) is 9.97 Å². The first kappa shape index (κ1) is 11.1. The molecule has 2 N–H and O–H groups in total. The van der Waals surface area contributed by atoms with E-state index in [0.717, 1.165) is 18.9 Å². The average Bonchev–Trinajstić information content (AvgIpc) is 2.39. The van der Waals surface area contributed by atoms with Crippen LogP contribution in [0.5, 0.6) is 5.75 Å². The fourth-order valence-corrected chi connectivity index (χ4v) is 2.07. The molecule has 1 aliphatic rings. The summed E-state index contributed by atoms with van der Waals surface area (Å²) in [6.45, 7) is 1.66. The van der Waals surface area contributed by atoms with Crippen molar-refractivity contribution in [2.45, 2.75) is 25.3 Å². The summed E-state index contributed by atoms with van der Waals surface area (Å²) in [7, 11) is 1.61. The SMILES string of the molecule is COc1cnc(N2CCCCC2CN)nc1. The topological polar surface area (TPSA) is 64.3 Å². The quantitative estimate of drug-likeness (QED) is 0.819. The number of methoxy groups -OCH3 is 1. The molecule has 0 saturated carbocycles. The van der Waals surface area contributed by atoms with E-state index in [-0.39, 0.29) is 0 Å². The number of anilines is 1. The molecular weight excluding hydrogens is 204 g/mol. The van der Waals surface area contributed by atoms with Gasteiger partial charge in [0.25, 0.3) is 0 Å². The second kappa shape index (κ2) is 5.12. The van der Waals surface area contributed by atoms with Crippen molar-refractivity contribution in [2.24, 2.45) is 5.73 Å². The van der Waals surface area contributed by atoms with Crippen molar-refractivity contribution < 1.29 is 4.74 Å². The minimum absolute atomic E-state index is 0.377. The second-order valence-electron chi connectivity index (χ2n) is 4.00. The highest BCUT2D eigenvalue weighted by molar-refractivity contribution is 5.33. The molecule has 1 aromatic rings. The lowest BCUT2D eigenvalue weighted by Gasteiger charge is -2.34. The third-order valence-corrected chi connectivity index (χ3v) is 3.01. The normalized spacial score (nSPS) is 20.9. The molecule has 1 fully saturated rings. The van der Waals surface area contributed by atoms with Crippen LogP contribution >= 0.6 is 0 Å². The van der Waals surface area contributed by atoms with E-state index < -0.39 is 0 Å². The van der Waals surface area contributed by atoms with Crippen LogP contribution in [0, 0.1) is 0 Å². The number of hydrogen-bond donors (Lipinski definition) is 1. The van der Waals surface area contributed by atoms with Crippen molar-refractivity contribution in [3.05, 3.63) is 12.4 Å². The van der Waals surface area contributed by atoms with E-state index >= 15 is 0 Å². The molecule has 88 valence electrons. The Hall–Kier alpha value is -1.36. The molecule has 16 heavy (non-hydrogen) atoms. The smallest absolute Gasteiger partial charge is 0.225 e. The van der Waals surface area contributed by atoms with Gasteiger partial charge in [-0.15, -0.1) is 0 Å². The Morgan fingerprint density at radius 2 is 2.19 bits per heavy atom. The molecule has 1 aliphatic heterocycles. The predicted molar refractivity (Wildman–Crippen MR) is 62.6 cm³/mol. The van der Waals surface area contributed by atoms with Crippen molar-refractivity contribution in [1.29, 1.82) is 0 Å². The van der Waals surface area contributed by atoms with Crippen molar-refractivity contribution in [1.82, 2.24) is 9.97 Å². The Bertz CT molecular complexity index is 327. The molecule has 0 aliphatic carbocycles. The highest BCUT2D eigenvalue weighted by Gasteiger charge is 2.23. The van der Waals surface area contributed by atoms with Crippen LogP contribution in [0.3, 0.4) is 0 Å². The molecule has 0 amide bonds. The molecule has 0 bridgehead atoms. The Kier molecular flexibility index (Phi) is 3.56. The van der Waals surface area contributed by atoms with Gasteiger partial charge in [-0.2, -0.15) is 0 Å². The standard InChI is InChI=1S/C11H18N4O/c1-16-10-7-13-11(14-8-10)15-5-3-2-4-9(15)6-12/h7-9H,2-6,12H2,1H3. The van der Waals surface area contributed by atoms with Crippen LogP contribution in [0.4, 0.5) is 5.95 Å². The molecule has 5 heteroatoms. The highest BCUT2D eigenvalue weighted by Crippen LogP contribution is 2.21. The number of nitrogens with zero attached hydrogens (tertiary/aromatic N) is 3. The number of ether oxygens (including phenoxy) is 1. The summed E-state index contributed by atoms with van der Waals surface area (Å²) in [6, 6.07) is 0.377. The van der Waals surface area contributed by atoms with Crippen LogP contribution in [0.2, 0.25) is 0 Å². The number of rotatable bonds is 3. The van der Waals surface area contributed by atoms with Crippen molar-refractivity contribution in [3.63, 3.8) is 0 Å². The lowest BCUT2D eigenvalue weighted by molar-refractivity contribution is 0.409. The maximum absolute atomic E-state index is 5.77. The summed E-state index contributed by atoms with van der Waals surface area (Å²) in [5, 5.41) is 0. The molecule has 5 nitrogen and oxygen atoms in total. The van der Waals surface area contributed by atoms with Gasteiger partial charge in [0.05, 0.1) is 19.5 Å². The van der Waals surface area contributed by atoms with Gasteiger partial charge in [0, 0.05) is 19.1 Å². The van der Waals surface area contributed by atoms with Gasteiger partial charge in [-0.05, 0) is 19.3 Å². The van der Waals surface area contributed by atoms with Crippen molar-refractivity contribution in [3.8, 4) is 5.75 Å². The fraction of sp³-hybridized carbons (Fsp3) is 0.636. The third kappa shape index (κ3) is 2.24. The maximum atomic E-state index is 5.77. The summed E-state index contributed by atoms with van der Waals surface area (Å²) in [5.74, 6) is 1.45. The molecular formula is C11H18N4O. The first-order valence-electron chi connectivity index (χ1n) is 5.68. The first-order chi connectivity index (χ1) is 7.85. The van der Waals surface area contributed by atoms with Crippen LogP contribution in [-0.4, -0.2) is 36.2 Å². The Morgan fingerprint density at radius 3 is 2.81 bits per heavy atom. The largest absolute Gasteiger partial charge is 0.494 e. The minimum Gasteiger partial charge on any atom is -0.494 e. The lowest BCUT2D eigenvalue weighted by Crippen LogP contribution is -2.45. The van der Waals surface area contributed by atoms with Crippen molar-refractivity contribution >= 4 is 5.95 Å². The summed E-state index contributed by atoms with van der Waals surface area (Å²) in [6.07, 6.45) is 6.96. The first-order valence-corrected chi connectivity index (χ1v) is 5.68. The average molecular weight is 222 g/mol. The van der Waals surface area contributed by atoms with E-state index in [4.69, 9.17) is 10.5 Å². The van der Waals surface area contributed by atoms with E-state index in [9.17, 15) is 0 Å². The molecule has 0 spiro atoms. The third-order valence-electron chi connectivity index (χ3n) is 3.01. The van der Waals surface area contributed by atoms with E-state index in [1.807, 2.05) is 0 Å². The number of hydrogen-bond acceptors (Lipinski definition) is 5.